The Morgan fingerprint density at radius 3 is 2.19 bits per heavy atom. The van der Waals surface area contributed by atoms with Crippen LogP contribution in [0.3, 0.4) is 0 Å². The van der Waals surface area contributed by atoms with E-state index in [1.54, 1.807) is 20.8 Å². The highest BCUT2D eigenvalue weighted by molar-refractivity contribution is 7.89. The van der Waals surface area contributed by atoms with Crippen molar-refractivity contribution in [3.05, 3.63) is 81.9 Å². The monoisotopic (exact) mass is 662 g/mol. The molecular weight excluding hydrogens is 620 g/mol. The molecule has 5 N–H and O–H groups in total. The number of fused-ring (bicyclic) bond motifs is 4. The van der Waals surface area contributed by atoms with Crippen LogP contribution in [0.5, 0.6) is 5.75 Å². The lowest BCUT2D eigenvalue weighted by molar-refractivity contribution is -0.141. The Morgan fingerprint density at radius 2 is 1.62 bits per heavy atom. The maximum absolute atomic E-state index is 14.7. The molecule has 1 amide bonds. The van der Waals surface area contributed by atoms with E-state index in [-0.39, 0.29) is 42.8 Å². The van der Waals surface area contributed by atoms with Crippen LogP contribution in [-0.2, 0) is 26.0 Å². The minimum atomic E-state index is -4.77. The first kappa shape index (κ1) is 33.8. The van der Waals surface area contributed by atoms with Gasteiger partial charge in [-0.1, -0.05) is 48.5 Å². The molecule has 1 aliphatic heterocycles. The fourth-order valence-electron chi connectivity index (χ4n) is 6.72. The van der Waals surface area contributed by atoms with Crippen LogP contribution < -0.4 is 16.2 Å². The standard InChI is InChI=1S/C35H42N4O7S/c1-20-21(2)31(22(3)23-16-17-35(4,5)46-30(20)23)47(43,44)39(29(32(40)41)15-10-18-38-33(36)37)34(42)45-19-28-26-13-8-6-11-24(26)25-12-7-9-14-27(25)28/h6-9,11-14,28-29H,10,15-19H2,1-5H3,(H,40,41)(H4,36,37,38)/t29-/m0/s1. The third kappa shape index (κ3) is 6.38. The molecule has 47 heavy (non-hydrogen) atoms. The predicted octanol–water partition coefficient (Wildman–Crippen LogP) is 5.16. The van der Waals surface area contributed by atoms with E-state index < -0.39 is 33.7 Å². The first-order valence-corrected chi connectivity index (χ1v) is 17.1. The fraction of sp³-hybridized carbons (Fsp3) is 0.400. The number of sulfonamides is 1. The summed E-state index contributed by atoms with van der Waals surface area (Å²) in [5.74, 6) is -1.42. The Labute approximate surface area is 275 Å². The van der Waals surface area contributed by atoms with Gasteiger partial charge >= 0.3 is 12.1 Å². The third-order valence-electron chi connectivity index (χ3n) is 9.20. The van der Waals surface area contributed by atoms with Crippen molar-refractivity contribution in [2.24, 2.45) is 16.5 Å². The largest absolute Gasteiger partial charge is 0.487 e. The van der Waals surface area contributed by atoms with Gasteiger partial charge in [0.15, 0.2) is 5.96 Å². The van der Waals surface area contributed by atoms with Crippen LogP contribution in [0.4, 0.5) is 4.79 Å². The second-order valence-electron chi connectivity index (χ2n) is 12.8. The number of nitrogens with two attached hydrogens (primary N) is 2. The summed E-state index contributed by atoms with van der Waals surface area (Å²) in [6.45, 7) is 8.90. The van der Waals surface area contributed by atoms with Gasteiger partial charge in [-0.15, -0.1) is 0 Å². The van der Waals surface area contributed by atoms with Crippen molar-refractivity contribution in [3.63, 3.8) is 0 Å². The molecular formula is C35H42N4O7S. The van der Waals surface area contributed by atoms with E-state index in [0.717, 1.165) is 27.8 Å². The molecule has 1 atom stereocenters. The van der Waals surface area contributed by atoms with Gasteiger partial charge < -0.3 is 26.0 Å². The maximum atomic E-state index is 14.7. The molecule has 250 valence electrons. The molecule has 1 aliphatic carbocycles. The van der Waals surface area contributed by atoms with E-state index in [2.05, 4.69) is 4.99 Å². The summed E-state index contributed by atoms with van der Waals surface area (Å²) in [5, 5.41) is 10.4. The highest BCUT2D eigenvalue weighted by atomic mass is 32.2. The number of nitrogens with zero attached hydrogens (tertiary/aromatic N) is 2. The average molecular weight is 663 g/mol. The molecule has 3 aromatic carbocycles. The molecule has 3 aromatic rings. The van der Waals surface area contributed by atoms with E-state index in [4.69, 9.17) is 20.9 Å². The number of carboxylic acid groups (broad SMARTS) is 1. The Bertz CT molecular complexity index is 1820. The summed E-state index contributed by atoms with van der Waals surface area (Å²) in [4.78, 5) is 30.6. The van der Waals surface area contributed by atoms with Crippen molar-refractivity contribution >= 4 is 28.0 Å². The number of carboxylic acids is 1. The topological polar surface area (TPSA) is 175 Å². The maximum Gasteiger partial charge on any atom is 0.424 e. The van der Waals surface area contributed by atoms with E-state index in [0.29, 0.717) is 39.6 Å². The number of aliphatic carboxylic acids is 1. The molecule has 0 unspecified atom stereocenters. The van der Waals surface area contributed by atoms with Crippen molar-refractivity contribution < 1.29 is 32.6 Å². The van der Waals surface area contributed by atoms with Crippen LogP contribution >= 0.6 is 0 Å². The summed E-state index contributed by atoms with van der Waals surface area (Å²) in [6.07, 6.45) is -0.200. The minimum absolute atomic E-state index is 0.0494. The van der Waals surface area contributed by atoms with E-state index in [1.165, 1.54) is 0 Å². The van der Waals surface area contributed by atoms with Crippen LogP contribution in [0.15, 0.2) is 58.4 Å². The Hall–Kier alpha value is -4.58. The molecule has 0 aromatic heterocycles. The van der Waals surface area contributed by atoms with Gasteiger partial charge in [-0.05, 0) is 105 Å². The SMILES string of the molecule is Cc1c(C)c(S(=O)(=O)N(C(=O)OCC2c3ccccc3-c3ccccc32)[C@@H](CCCN=C(N)N)C(=O)O)c(C)c2c1OC(C)(C)CC2. The number of hydrogen-bond acceptors (Lipinski definition) is 7. The zero-order chi connectivity index (χ0) is 34.3. The summed E-state index contributed by atoms with van der Waals surface area (Å²) in [6, 6.07) is 13.7. The molecule has 0 fully saturated rings. The summed E-state index contributed by atoms with van der Waals surface area (Å²) in [5.41, 5.74) is 16.4. The van der Waals surface area contributed by atoms with E-state index in [9.17, 15) is 23.1 Å². The molecule has 0 radical (unpaired) electrons. The molecule has 0 spiro atoms. The molecule has 12 heteroatoms. The number of amides is 1. The van der Waals surface area contributed by atoms with Gasteiger partial charge in [0.2, 0.25) is 0 Å². The molecule has 1 heterocycles. The van der Waals surface area contributed by atoms with Crippen LogP contribution in [0.1, 0.15) is 72.4 Å². The van der Waals surface area contributed by atoms with E-state index in [1.807, 2.05) is 62.4 Å². The number of rotatable bonds is 10. The summed E-state index contributed by atoms with van der Waals surface area (Å²) < 4.78 is 41.9. The van der Waals surface area contributed by atoms with Gasteiger partial charge in [0, 0.05) is 12.5 Å². The molecule has 0 saturated heterocycles. The first-order valence-electron chi connectivity index (χ1n) is 15.6. The highest BCUT2D eigenvalue weighted by Crippen LogP contribution is 2.45. The highest BCUT2D eigenvalue weighted by Gasteiger charge is 2.44. The number of aliphatic imine (C=N–C) groups is 1. The third-order valence-corrected chi connectivity index (χ3v) is 11.2. The Balaban J connectivity index is 1.56. The van der Waals surface area contributed by atoms with Crippen molar-refractivity contribution in [2.45, 2.75) is 82.8 Å². The number of benzene rings is 3. The molecule has 5 rings (SSSR count). The smallest absolute Gasteiger partial charge is 0.424 e. The van der Waals surface area contributed by atoms with Gasteiger partial charge in [0.05, 0.1) is 4.90 Å². The number of carbonyl (C=O) groups excluding carboxylic acids is 1. The van der Waals surface area contributed by atoms with Gasteiger partial charge in [0.1, 0.15) is 24.0 Å². The van der Waals surface area contributed by atoms with Crippen LogP contribution in [0.2, 0.25) is 0 Å². The van der Waals surface area contributed by atoms with Gasteiger partial charge in [-0.2, -0.15) is 4.31 Å². The van der Waals surface area contributed by atoms with Crippen molar-refractivity contribution in [1.29, 1.82) is 0 Å². The summed E-state index contributed by atoms with van der Waals surface area (Å²) in [7, 11) is -4.77. The van der Waals surface area contributed by atoms with E-state index >= 15 is 0 Å². The second-order valence-corrected chi connectivity index (χ2v) is 14.5. The zero-order valence-electron chi connectivity index (χ0n) is 27.4. The number of hydrogen-bond donors (Lipinski definition) is 3. The second kappa shape index (κ2) is 12.9. The number of carbonyl (C=O) groups is 2. The summed E-state index contributed by atoms with van der Waals surface area (Å²) >= 11 is 0. The molecule has 2 aliphatic rings. The quantitative estimate of drug-likeness (QED) is 0.150. The van der Waals surface area contributed by atoms with Gasteiger partial charge in [-0.25, -0.2) is 18.0 Å². The van der Waals surface area contributed by atoms with Crippen molar-refractivity contribution in [1.82, 2.24) is 4.31 Å². The lowest BCUT2D eigenvalue weighted by atomic mass is 9.88. The Morgan fingerprint density at radius 1 is 1.02 bits per heavy atom. The van der Waals surface area contributed by atoms with Crippen molar-refractivity contribution in [3.8, 4) is 16.9 Å². The van der Waals surface area contributed by atoms with Crippen LogP contribution in [0.25, 0.3) is 11.1 Å². The zero-order valence-corrected chi connectivity index (χ0v) is 28.2. The van der Waals surface area contributed by atoms with Gasteiger partial charge in [-0.3, -0.25) is 4.99 Å². The lowest BCUT2D eigenvalue weighted by Gasteiger charge is -2.36. The predicted molar refractivity (Wildman–Crippen MR) is 179 cm³/mol. The minimum Gasteiger partial charge on any atom is -0.487 e. The normalized spacial score (nSPS) is 15.4. The molecule has 11 nitrogen and oxygen atoms in total. The van der Waals surface area contributed by atoms with Crippen LogP contribution in [0, 0.1) is 20.8 Å². The van der Waals surface area contributed by atoms with Crippen molar-refractivity contribution in [2.75, 3.05) is 13.2 Å². The molecule has 0 bridgehead atoms. The van der Waals surface area contributed by atoms with Gasteiger partial charge in [0.25, 0.3) is 10.0 Å². The Kier molecular flexibility index (Phi) is 9.27. The number of ether oxygens (including phenoxy) is 2. The van der Waals surface area contributed by atoms with Crippen LogP contribution in [-0.4, -0.2) is 60.6 Å². The average Bonchev–Trinajstić information content (AvgIpc) is 3.33. The lowest BCUT2D eigenvalue weighted by Crippen LogP contribution is -2.49. The number of guanidine groups is 1. The first-order chi connectivity index (χ1) is 22.2. The fourth-order valence-corrected chi connectivity index (χ4v) is 8.74. The molecule has 0 saturated carbocycles.